The second kappa shape index (κ2) is 10.3. The summed E-state index contributed by atoms with van der Waals surface area (Å²) in [6.07, 6.45) is 1.78. The Balaban J connectivity index is 1.40. The predicted octanol–water partition coefficient (Wildman–Crippen LogP) is 5.92. The van der Waals surface area contributed by atoms with Crippen molar-refractivity contribution in [3.8, 4) is 0 Å². The first kappa shape index (κ1) is 23.1. The van der Waals surface area contributed by atoms with Gasteiger partial charge in [0.1, 0.15) is 5.82 Å². The third-order valence-electron chi connectivity index (χ3n) is 6.56. The van der Waals surface area contributed by atoms with Crippen LogP contribution in [-0.4, -0.2) is 32.2 Å². The Morgan fingerprint density at radius 3 is 2.23 bits per heavy atom. The number of carbonyl (C=O) groups is 1. The summed E-state index contributed by atoms with van der Waals surface area (Å²) in [7, 11) is 0. The van der Waals surface area contributed by atoms with E-state index in [2.05, 4.69) is 20.1 Å². The maximum Gasteiger partial charge on any atom is 0.318 e. The van der Waals surface area contributed by atoms with Crippen molar-refractivity contribution < 1.29 is 4.79 Å². The van der Waals surface area contributed by atoms with Crippen molar-refractivity contribution in [1.82, 2.24) is 25.0 Å². The highest BCUT2D eigenvalue weighted by molar-refractivity contribution is 6.30. The number of benzene rings is 3. The lowest BCUT2D eigenvalue weighted by molar-refractivity contribution is 0.187. The van der Waals surface area contributed by atoms with Crippen LogP contribution < -0.4 is 5.32 Å². The van der Waals surface area contributed by atoms with E-state index in [4.69, 9.17) is 11.6 Å². The monoisotopic (exact) mass is 485 g/mol. The average molecular weight is 486 g/mol. The summed E-state index contributed by atoms with van der Waals surface area (Å²) >= 11 is 6.06. The molecule has 0 bridgehead atoms. The van der Waals surface area contributed by atoms with Crippen LogP contribution in [0.4, 0.5) is 4.79 Å². The van der Waals surface area contributed by atoms with Crippen LogP contribution in [-0.2, 0) is 6.54 Å². The van der Waals surface area contributed by atoms with E-state index < -0.39 is 0 Å². The molecular formula is C28H28ClN5O. The number of likely N-dealkylation sites (tertiary alicyclic amines) is 1. The predicted molar refractivity (Wildman–Crippen MR) is 137 cm³/mol. The van der Waals surface area contributed by atoms with Crippen LogP contribution in [0.5, 0.6) is 0 Å². The van der Waals surface area contributed by atoms with Crippen LogP contribution in [0.15, 0.2) is 84.9 Å². The van der Waals surface area contributed by atoms with Crippen LogP contribution in [0.3, 0.4) is 0 Å². The van der Waals surface area contributed by atoms with Gasteiger partial charge >= 0.3 is 6.03 Å². The van der Waals surface area contributed by atoms with Crippen LogP contribution in [0.2, 0.25) is 5.02 Å². The van der Waals surface area contributed by atoms with Gasteiger partial charge in [-0.05, 0) is 48.6 Å². The molecule has 1 unspecified atom stereocenters. The van der Waals surface area contributed by atoms with Crippen molar-refractivity contribution in [3.63, 3.8) is 0 Å². The molecule has 0 saturated carbocycles. The summed E-state index contributed by atoms with van der Waals surface area (Å²) in [5, 5.41) is 12.9. The first-order valence-corrected chi connectivity index (χ1v) is 12.3. The molecule has 0 aliphatic carbocycles. The van der Waals surface area contributed by atoms with Crippen LogP contribution in [0, 0.1) is 6.92 Å². The lowest BCUT2D eigenvalue weighted by atomic mass is 9.99. The fraction of sp³-hybridized carbons (Fsp3) is 0.250. The summed E-state index contributed by atoms with van der Waals surface area (Å²) in [6, 6.07) is 27.5. The fourth-order valence-electron chi connectivity index (χ4n) is 4.75. The molecule has 4 aromatic rings. The van der Waals surface area contributed by atoms with E-state index >= 15 is 0 Å². The largest absolute Gasteiger partial charge is 0.327 e. The van der Waals surface area contributed by atoms with Crippen LogP contribution >= 0.6 is 11.6 Å². The molecule has 178 valence electrons. The summed E-state index contributed by atoms with van der Waals surface area (Å²) in [5.74, 6) is 1.65. The Bertz CT molecular complexity index is 1230. The van der Waals surface area contributed by atoms with Gasteiger partial charge in [-0.25, -0.2) is 4.79 Å². The van der Waals surface area contributed by atoms with Crippen LogP contribution in [0.1, 0.15) is 53.3 Å². The average Bonchev–Trinajstić information content (AvgIpc) is 3.52. The van der Waals surface area contributed by atoms with Crippen molar-refractivity contribution in [3.05, 3.63) is 118 Å². The molecule has 2 amide bonds. The van der Waals surface area contributed by atoms with Gasteiger partial charge in [-0.3, -0.25) is 0 Å². The molecule has 35 heavy (non-hydrogen) atoms. The van der Waals surface area contributed by atoms with E-state index in [1.807, 2.05) is 96.8 Å². The number of hydrogen-bond donors (Lipinski definition) is 1. The zero-order chi connectivity index (χ0) is 24.2. The third kappa shape index (κ3) is 5.08. The Hall–Kier alpha value is -3.64. The number of aromatic nitrogens is 3. The lowest BCUT2D eigenvalue weighted by Gasteiger charge is -2.28. The molecular weight excluding hydrogens is 458 g/mol. The summed E-state index contributed by atoms with van der Waals surface area (Å²) in [6.45, 7) is 3.26. The van der Waals surface area contributed by atoms with Gasteiger partial charge in [0.25, 0.3) is 0 Å². The number of urea groups is 1. The number of amides is 2. The number of nitrogens with one attached hydrogen (secondary N) is 1. The number of hydrogen-bond acceptors (Lipinski definition) is 3. The lowest BCUT2D eigenvalue weighted by Crippen LogP contribution is -2.42. The molecule has 7 heteroatoms. The number of rotatable bonds is 6. The molecule has 1 fully saturated rings. The van der Waals surface area contributed by atoms with Crippen molar-refractivity contribution >= 4 is 17.6 Å². The normalized spacial score (nSPS) is 15.5. The fourth-order valence-corrected chi connectivity index (χ4v) is 4.87. The van der Waals surface area contributed by atoms with Gasteiger partial charge in [0.15, 0.2) is 5.82 Å². The van der Waals surface area contributed by atoms with E-state index in [-0.39, 0.29) is 18.1 Å². The molecule has 0 radical (unpaired) electrons. The van der Waals surface area contributed by atoms with Crippen molar-refractivity contribution in [1.29, 1.82) is 0 Å². The summed E-state index contributed by atoms with van der Waals surface area (Å²) in [5.41, 5.74) is 3.20. The van der Waals surface area contributed by atoms with E-state index in [0.717, 1.165) is 41.2 Å². The standard InChI is InChI=1S/C28H28ClN5O/c1-20-31-32-27(34(20)19-21-14-16-24(29)17-15-21)25-13-8-18-33(25)28(35)30-26(22-9-4-2-5-10-22)23-11-6-3-7-12-23/h2-7,9-12,14-17,25-26H,8,13,18-19H2,1H3,(H,30,35). The molecule has 5 rings (SSSR count). The van der Waals surface area contributed by atoms with Gasteiger partial charge in [0.2, 0.25) is 0 Å². The molecule has 6 nitrogen and oxygen atoms in total. The maximum atomic E-state index is 13.6. The molecule has 1 atom stereocenters. The van der Waals surface area contributed by atoms with Gasteiger partial charge in [-0.2, -0.15) is 0 Å². The highest BCUT2D eigenvalue weighted by Gasteiger charge is 2.35. The van der Waals surface area contributed by atoms with Gasteiger partial charge in [-0.1, -0.05) is 84.4 Å². The highest BCUT2D eigenvalue weighted by Crippen LogP contribution is 2.32. The highest BCUT2D eigenvalue weighted by atomic mass is 35.5. The number of aryl methyl sites for hydroxylation is 1. The maximum absolute atomic E-state index is 13.6. The molecule has 2 heterocycles. The van der Waals surface area contributed by atoms with E-state index in [9.17, 15) is 4.79 Å². The molecule has 1 saturated heterocycles. The molecule has 1 aliphatic heterocycles. The molecule has 1 aromatic heterocycles. The minimum absolute atomic E-state index is 0.0936. The first-order chi connectivity index (χ1) is 17.1. The molecule has 0 spiro atoms. The third-order valence-corrected chi connectivity index (χ3v) is 6.82. The summed E-state index contributed by atoms with van der Waals surface area (Å²) < 4.78 is 2.10. The van der Waals surface area contributed by atoms with E-state index in [1.165, 1.54) is 0 Å². The zero-order valence-corrected chi connectivity index (χ0v) is 20.4. The van der Waals surface area contributed by atoms with Crippen molar-refractivity contribution in [2.24, 2.45) is 0 Å². The van der Waals surface area contributed by atoms with E-state index in [1.54, 1.807) is 0 Å². The minimum Gasteiger partial charge on any atom is -0.327 e. The quantitative estimate of drug-likeness (QED) is 0.368. The number of halogens is 1. The number of nitrogens with zero attached hydrogens (tertiary/aromatic N) is 4. The molecule has 3 aromatic carbocycles. The van der Waals surface area contributed by atoms with Gasteiger partial charge in [0.05, 0.1) is 18.6 Å². The zero-order valence-electron chi connectivity index (χ0n) is 19.6. The van der Waals surface area contributed by atoms with Crippen molar-refractivity contribution in [2.45, 2.75) is 38.4 Å². The second-order valence-corrected chi connectivity index (χ2v) is 9.31. The number of carbonyl (C=O) groups excluding carboxylic acids is 1. The van der Waals surface area contributed by atoms with Gasteiger partial charge in [0, 0.05) is 11.6 Å². The topological polar surface area (TPSA) is 63.1 Å². The SMILES string of the molecule is Cc1nnc(C2CCCN2C(=O)NC(c2ccccc2)c2ccccc2)n1Cc1ccc(Cl)cc1. The molecule has 1 aliphatic rings. The van der Waals surface area contributed by atoms with Gasteiger partial charge < -0.3 is 14.8 Å². The first-order valence-electron chi connectivity index (χ1n) is 11.9. The Labute approximate surface area is 210 Å². The van der Waals surface area contributed by atoms with Crippen molar-refractivity contribution in [2.75, 3.05) is 6.54 Å². The van der Waals surface area contributed by atoms with E-state index in [0.29, 0.717) is 18.1 Å². The van der Waals surface area contributed by atoms with Crippen LogP contribution in [0.25, 0.3) is 0 Å². The minimum atomic E-state index is -0.236. The smallest absolute Gasteiger partial charge is 0.318 e. The second-order valence-electron chi connectivity index (χ2n) is 8.87. The Morgan fingerprint density at radius 2 is 1.60 bits per heavy atom. The van der Waals surface area contributed by atoms with Gasteiger partial charge in [-0.15, -0.1) is 10.2 Å². The molecule has 1 N–H and O–H groups in total. The Kier molecular flexibility index (Phi) is 6.82. The summed E-state index contributed by atoms with van der Waals surface area (Å²) in [4.78, 5) is 15.5. The Morgan fingerprint density at radius 1 is 0.971 bits per heavy atom.